The summed E-state index contributed by atoms with van der Waals surface area (Å²) in [5.74, 6) is -0.966. The molecular formula is C10H14N4O2. The zero-order chi connectivity index (χ0) is 11.9. The minimum Gasteiger partial charge on any atom is -0.369 e. The van der Waals surface area contributed by atoms with E-state index in [1.165, 1.54) is 0 Å². The van der Waals surface area contributed by atoms with E-state index in [0.29, 0.717) is 0 Å². The van der Waals surface area contributed by atoms with Crippen LogP contribution in [-0.2, 0) is 16.6 Å². The summed E-state index contributed by atoms with van der Waals surface area (Å²) in [4.78, 5) is 24.5. The Morgan fingerprint density at radius 3 is 2.75 bits per heavy atom. The smallest absolute Gasteiger partial charge is 0.223 e. The van der Waals surface area contributed by atoms with Crippen LogP contribution in [0.1, 0.15) is 18.2 Å². The molecule has 0 radical (unpaired) electrons. The van der Waals surface area contributed by atoms with Gasteiger partial charge in [-0.1, -0.05) is 0 Å². The summed E-state index contributed by atoms with van der Waals surface area (Å²) in [7, 11) is 3.47. The normalized spacial score (nSPS) is 25.1. The van der Waals surface area contributed by atoms with Gasteiger partial charge in [0.2, 0.25) is 11.8 Å². The highest BCUT2D eigenvalue weighted by Crippen LogP contribution is 2.36. The quantitative estimate of drug-likeness (QED) is 0.727. The lowest BCUT2D eigenvalue weighted by Gasteiger charge is -2.23. The van der Waals surface area contributed by atoms with Gasteiger partial charge in [0.1, 0.15) is 0 Å². The van der Waals surface area contributed by atoms with Crippen molar-refractivity contribution in [3.05, 3.63) is 18.0 Å². The molecule has 0 unspecified atom stereocenters. The van der Waals surface area contributed by atoms with Crippen LogP contribution in [0.15, 0.2) is 12.3 Å². The van der Waals surface area contributed by atoms with Gasteiger partial charge in [-0.2, -0.15) is 5.10 Å². The van der Waals surface area contributed by atoms with Crippen molar-refractivity contribution >= 4 is 11.8 Å². The van der Waals surface area contributed by atoms with E-state index < -0.39 is 11.8 Å². The Hall–Kier alpha value is -1.85. The van der Waals surface area contributed by atoms with E-state index >= 15 is 0 Å². The van der Waals surface area contributed by atoms with Gasteiger partial charge in [-0.05, 0) is 6.07 Å². The fourth-order valence-corrected chi connectivity index (χ4v) is 2.20. The topological polar surface area (TPSA) is 81.2 Å². The molecule has 6 nitrogen and oxygen atoms in total. The average molecular weight is 222 g/mol. The molecule has 2 atom stereocenters. The standard InChI is InChI=1S/C10H14N4O2/c1-13-8(15)5-6(10(11)16)9(13)7-3-4-12-14(7)2/h3-4,6,9H,5H2,1-2H3,(H2,11,16)/t6-,9-/m0/s1. The fraction of sp³-hybridized carbons (Fsp3) is 0.500. The number of carbonyl (C=O) groups excluding carboxylic acids is 2. The van der Waals surface area contributed by atoms with Crippen molar-refractivity contribution in [2.24, 2.45) is 18.7 Å². The van der Waals surface area contributed by atoms with Gasteiger partial charge in [0.25, 0.3) is 0 Å². The van der Waals surface area contributed by atoms with Crippen LogP contribution >= 0.6 is 0 Å². The van der Waals surface area contributed by atoms with E-state index in [-0.39, 0.29) is 18.4 Å². The van der Waals surface area contributed by atoms with Crippen LogP contribution in [0.25, 0.3) is 0 Å². The van der Waals surface area contributed by atoms with Crippen LogP contribution in [0.5, 0.6) is 0 Å². The van der Waals surface area contributed by atoms with Crippen molar-refractivity contribution < 1.29 is 9.59 Å². The first-order valence-corrected chi connectivity index (χ1v) is 5.05. The highest BCUT2D eigenvalue weighted by Gasteiger charge is 2.42. The van der Waals surface area contributed by atoms with Crippen LogP contribution in [-0.4, -0.2) is 33.5 Å². The van der Waals surface area contributed by atoms with Crippen LogP contribution in [0.4, 0.5) is 0 Å². The van der Waals surface area contributed by atoms with Crippen LogP contribution in [0.3, 0.4) is 0 Å². The monoisotopic (exact) mass is 222 g/mol. The number of carbonyl (C=O) groups is 2. The molecule has 1 aromatic heterocycles. The van der Waals surface area contributed by atoms with Crippen molar-refractivity contribution in [2.75, 3.05) is 7.05 Å². The highest BCUT2D eigenvalue weighted by molar-refractivity contribution is 5.89. The molecule has 1 aliphatic heterocycles. The van der Waals surface area contributed by atoms with Gasteiger partial charge >= 0.3 is 0 Å². The lowest BCUT2D eigenvalue weighted by atomic mass is 9.97. The second-order valence-electron chi connectivity index (χ2n) is 4.04. The molecule has 1 aliphatic rings. The minimum absolute atomic E-state index is 0.0602. The van der Waals surface area contributed by atoms with Gasteiger partial charge in [-0.25, -0.2) is 0 Å². The third-order valence-corrected chi connectivity index (χ3v) is 3.11. The van der Waals surface area contributed by atoms with E-state index in [4.69, 9.17) is 5.73 Å². The van der Waals surface area contributed by atoms with Crippen LogP contribution in [0.2, 0.25) is 0 Å². The Kier molecular flexibility index (Phi) is 2.41. The molecule has 0 aromatic carbocycles. The van der Waals surface area contributed by atoms with E-state index in [0.717, 1.165) is 5.69 Å². The largest absolute Gasteiger partial charge is 0.369 e. The zero-order valence-electron chi connectivity index (χ0n) is 9.25. The van der Waals surface area contributed by atoms with E-state index in [9.17, 15) is 9.59 Å². The Morgan fingerprint density at radius 2 is 2.25 bits per heavy atom. The number of hydrogen-bond donors (Lipinski definition) is 1. The third-order valence-electron chi connectivity index (χ3n) is 3.11. The first-order chi connectivity index (χ1) is 7.52. The average Bonchev–Trinajstić information content (AvgIpc) is 2.73. The van der Waals surface area contributed by atoms with E-state index in [1.54, 1.807) is 35.9 Å². The van der Waals surface area contributed by atoms with Gasteiger partial charge in [0.15, 0.2) is 0 Å². The number of likely N-dealkylation sites (tertiary alicyclic amines) is 1. The molecule has 0 spiro atoms. The lowest BCUT2D eigenvalue weighted by molar-refractivity contribution is -0.128. The molecule has 0 bridgehead atoms. The molecule has 1 aromatic rings. The number of primary amides is 1. The summed E-state index contributed by atoms with van der Waals surface area (Å²) >= 11 is 0. The second kappa shape index (κ2) is 3.62. The molecule has 6 heteroatoms. The molecule has 0 saturated carbocycles. The SMILES string of the molecule is CN1C(=O)C[C@H](C(N)=O)[C@H]1c1ccnn1C. The van der Waals surface area contributed by atoms with Crippen molar-refractivity contribution in [1.29, 1.82) is 0 Å². The van der Waals surface area contributed by atoms with Crippen molar-refractivity contribution in [2.45, 2.75) is 12.5 Å². The lowest BCUT2D eigenvalue weighted by Crippen LogP contribution is -2.31. The second-order valence-corrected chi connectivity index (χ2v) is 4.04. The van der Waals surface area contributed by atoms with Crippen molar-refractivity contribution in [1.82, 2.24) is 14.7 Å². The molecule has 16 heavy (non-hydrogen) atoms. The number of nitrogens with zero attached hydrogens (tertiary/aromatic N) is 3. The van der Waals surface area contributed by atoms with Gasteiger partial charge in [-0.15, -0.1) is 0 Å². The Balaban J connectivity index is 2.40. The summed E-state index contributed by atoms with van der Waals surface area (Å²) in [5, 5.41) is 4.04. The molecule has 0 aliphatic carbocycles. The number of hydrogen-bond acceptors (Lipinski definition) is 3. The highest BCUT2D eigenvalue weighted by atomic mass is 16.2. The van der Waals surface area contributed by atoms with Crippen molar-refractivity contribution in [3.8, 4) is 0 Å². The number of aromatic nitrogens is 2. The molecule has 1 fully saturated rings. The van der Waals surface area contributed by atoms with Gasteiger partial charge in [-0.3, -0.25) is 14.3 Å². The molecule has 2 N–H and O–H groups in total. The summed E-state index contributed by atoms with van der Waals surface area (Å²) in [6.45, 7) is 0. The number of aryl methyl sites for hydroxylation is 1. The Bertz CT molecular complexity index is 440. The van der Waals surface area contributed by atoms with Crippen LogP contribution in [0, 0.1) is 5.92 Å². The van der Waals surface area contributed by atoms with E-state index in [2.05, 4.69) is 5.10 Å². The molecule has 2 heterocycles. The number of nitrogens with two attached hydrogens (primary N) is 1. The van der Waals surface area contributed by atoms with Crippen molar-refractivity contribution in [3.63, 3.8) is 0 Å². The molecule has 2 amide bonds. The number of rotatable bonds is 2. The molecule has 86 valence electrons. The van der Waals surface area contributed by atoms with Gasteiger partial charge < -0.3 is 10.6 Å². The molecule has 1 saturated heterocycles. The predicted octanol–water partition coefficient (Wildman–Crippen LogP) is -0.575. The summed E-state index contributed by atoms with van der Waals surface area (Å²) in [5.41, 5.74) is 6.15. The Labute approximate surface area is 93.0 Å². The molecule has 2 rings (SSSR count). The Morgan fingerprint density at radius 1 is 1.56 bits per heavy atom. The third kappa shape index (κ3) is 1.46. The number of amides is 2. The summed E-state index contributed by atoms with van der Waals surface area (Å²) in [6, 6.07) is 1.51. The fourth-order valence-electron chi connectivity index (χ4n) is 2.20. The van der Waals surface area contributed by atoms with Gasteiger partial charge in [0, 0.05) is 26.7 Å². The maximum absolute atomic E-state index is 11.6. The first kappa shape index (κ1) is 10.7. The predicted molar refractivity (Wildman–Crippen MR) is 56.0 cm³/mol. The molecular weight excluding hydrogens is 208 g/mol. The van der Waals surface area contributed by atoms with Crippen LogP contribution < -0.4 is 5.73 Å². The maximum atomic E-state index is 11.6. The first-order valence-electron chi connectivity index (χ1n) is 5.05. The van der Waals surface area contributed by atoms with E-state index in [1.807, 2.05) is 0 Å². The summed E-state index contributed by atoms with van der Waals surface area (Å²) in [6.07, 6.45) is 1.83. The maximum Gasteiger partial charge on any atom is 0.223 e. The zero-order valence-corrected chi connectivity index (χ0v) is 9.25. The van der Waals surface area contributed by atoms with Gasteiger partial charge in [0.05, 0.1) is 17.7 Å². The minimum atomic E-state index is -0.465. The summed E-state index contributed by atoms with van der Waals surface area (Å²) < 4.78 is 1.66.